The topological polar surface area (TPSA) is 75.3 Å². The van der Waals surface area contributed by atoms with E-state index < -0.39 is 9.84 Å². The van der Waals surface area contributed by atoms with Gasteiger partial charge in [0.05, 0.1) is 10.5 Å². The van der Waals surface area contributed by atoms with Crippen molar-refractivity contribution in [2.24, 2.45) is 5.92 Å². The molecule has 8 heteroatoms. The van der Waals surface area contributed by atoms with Crippen molar-refractivity contribution in [3.8, 4) is 0 Å². The molecule has 2 aromatic rings. The molecule has 3 rings (SSSR count). The minimum atomic E-state index is -3.21. The third-order valence-electron chi connectivity index (χ3n) is 4.03. The van der Waals surface area contributed by atoms with Crippen LogP contribution in [0.5, 0.6) is 0 Å². The maximum absolute atomic E-state index is 12.5. The summed E-state index contributed by atoms with van der Waals surface area (Å²) in [5, 5.41) is 6.17. The van der Waals surface area contributed by atoms with Crippen LogP contribution in [0.25, 0.3) is 0 Å². The molecule has 1 aliphatic rings. The lowest BCUT2D eigenvalue weighted by Crippen LogP contribution is -2.48. The number of amides is 1. The van der Waals surface area contributed by atoms with E-state index in [0.717, 1.165) is 22.9 Å². The SMILES string of the molecule is CS(=O)(=O)c1ccc(Sc2ccccc2C(=O)NCC2CNC2)cc1.Cl. The van der Waals surface area contributed by atoms with Gasteiger partial charge < -0.3 is 10.6 Å². The van der Waals surface area contributed by atoms with Crippen LogP contribution >= 0.6 is 24.2 Å². The van der Waals surface area contributed by atoms with Gasteiger partial charge in [-0.25, -0.2) is 8.42 Å². The van der Waals surface area contributed by atoms with Crippen LogP contribution in [0.15, 0.2) is 63.2 Å². The molecule has 2 N–H and O–H groups in total. The van der Waals surface area contributed by atoms with Crippen molar-refractivity contribution >= 4 is 39.9 Å². The van der Waals surface area contributed by atoms with E-state index in [-0.39, 0.29) is 23.2 Å². The molecular formula is C18H21ClN2O3S2. The van der Waals surface area contributed by atoms with Gasteiger partial charge in [0.15, 0.2) is 9.84 Å². The highest BCUT2D eigenvalue weighted by Gasteiger charge is 2.19. The number of halogens is 1. The third kappa shape index (κ3) is 5.23. The van der Waals surface area contributed by atoms with Crippen molar-refractivity contribution in [1.29, 1.82) is 0 Å². The van der Waals surface area contributed by atoms with E-state index in [9.17, 15) is 13.2 Å². The Bertz CT molecular complexity index is 866. The summed E-state index contributed by atoms with van der Waals surface area (Å²) in [7, 11) is -3.21. The highest BCUT2D eigenvalue weighted by atomic mass is 35.5. The van der Waals surface area contributed by atoms with E-state index in [2.05, 4.69) is 10.6 Å². The molecule has 0 spiro atoms. The Hall–Kier alpha value is -1.54. The first-order valence-electron chi connectivity index (χ1n) is 7.99. The third-order valence-corrected chi connectivity index (χ3v) is 6.24. The van der Waals surface area contributed by atoms with Gasteiger partial charge in [-0.2, -0.15) is 0 Å². The van der Waals surface area contributed by atoms with Gasteiger partial charge >= 0.3 is 0 Å². The predicted octanol–water partition coefficient (Wildman–Crippen LogP) is 2.61. The molecule has 0 radical (unpaired) electrons. The molecule has 140 valence electrons. The molecule has 0 aliphatic carbocycles. The highest BCUT2D eigenvalue weighted by molar-refractivity contribution is 7.99. The lowest BCUT2D eigenvalue weighted by atomic mass is 10.0. The second-order valence-electron chi connectivity index (χ2n) is 6.08. The molecule has 26 heavy (non-hydrogen) atoms. The number of hydrogen-bond acceptors (Lipinski definition) is 5. The van der Waals surface area contributed by atoms with E-state index in [4.69, 9.17) is 0 Å². The average molecular weight is 413 g/mol. The van der Waals surface area contributed by atoms with Crippen molar-refractivity contribution in [3.05, 3.63) is 54.1 Å². The Morgan fingerprint density at radius 1 is 1.15 bits per heavy atom. The molecule has 0 bridgehead atoms. The van der Waals surface area contributed by atoms with Crippen LogP contribution in [0, 0.1) is 5.92 Å². The van der Waals surface area contributed by atoms with Crippen molar-refractivity contribution in [1.82, 2.24) is 10.6 Å². The van der Waals surface area contributed by atoms with Gasteiger partial charge in [-0.3, -0.25) is 4.79 Å². The molecule has 0 atom stereocenters. The summed E-state index contributed by atoms with van der Waals surface area (Å²) in [6, 6.07) is 14.1. The first-order chi connectivity index (χ1) is 11.9. The minimum Gasteiger partial charge on any atom is -0.352 e. The standard InChI is InChI=1S/C18H20N2O3S2.ClH/c1-25(22,23)15-8-6-14(7-9-15)24-17-5-3-2-4-16(17)18(21)20-12-13-10-19-11-13;/h2-9,13,19H,10-12H2,1H3,(H,20,21);1H. The van der Waals surface area contributed by atoms with Crippen LogP contribution in [-0.2, 0) is 9.84 Å². The second-order valence-corrected chi connectivity index (χ2v) is 9.21. The predicted molar refractivity (Wildman–Crippen MR) is 106 cm³/mol. The molecule has 1 fully saturated rings. The number of rotatable bonds is 6. The first-order valence-corrected chi connectivity index (χ1v) is 10.7. The number of sulfone groups is 1. The summed E-state index contributed by atoms with van der Waals surface area (Å²) in [5.41, 5.74) is 0.631. The van der Waals surface area contributed by atoms with E-state index in [1.807, 2.05) is 24.3 Å². The number of nitrogens with one attached hydrogen (secondary N) is 2. The average Bonchev–Trinajstić information content (AvgIpc) is 2.53. The van der Waals surface area contributed by atoms with Crippen molar-refractivity contribution in [3.63, 3.8) is 0 Å². The highest BCUT2D eigenvalue weighted by Crippen LogP contribution is 2.31. The maximum atomic E-state index is 12.5. The van der Waals surface area contributed by atoms with E-state index in [1.165, 1.54) is 18.0 Å². The summed E-state index contributed by atoms with van der Waals surface area (Å²) in [4.78, 5) is 14.5. The summed E-state index contributed by atoms with van der Waals surface area (Å²) >= 11 is 1.45. The molecule has 0 aromatic heterocycles. The molecule has 5 nitrogen and oxygen atoms in total. The summed E-state index contributed by atoms with van der Waals surface area (Å²) in [5.74, 6) is 0.426. The lowest BCUT2D eigenvalue weighted by Gasteiger charge is -2.27. The second kappa shape index (κ2) is 8.90. The fraction of sp³-hybridized carbons (Fsp3) is 0.278. The molecule has 1 heterocycles. The van der Waals surface area contributed by atoms with E-state index >= 15 is 0 Å². The van der Waals surface area contributed by atoms with Crippen LogP contribution in [0.3, 0.4) is 0 Å². The van der Waals surface area contributed by atoms with Gasteiger partial charge in [0.1, 0.15) is 0 Å². The van der Waals surface area contributed by atoms with Crippen LogP contribution in [0.4, 0.5) is 0 Å². The number of carbonyl (C=O) groups excluding carboxylic acids is 1. The van der Waals surface area contributed by atoms with Gasteiger partial charge in [-0.05, 0) is 36.4 Å². The van der Waals surface area contributed by atoms with Crippen molar-refractivity contribution in [2.75, 3.05) is 25.9 Å². The number of benzene rings is 2. The van der Waals surface area contributed by atoms with Gasteiger partial charge in [0, 0.05) is 41.6 Å². The van der Waals surface area contributed by atoms with Crippen LogP contribution in [0.1, 0.15) is 10.4 Å². The quantitative estimate of drug-likeness (QED) is 0.762. The fourth-order valence-electron chi connectivity index (χ4n) is 2.45. The van der Waals surface area contributed by atoms with Crippen molar-refractivity contribution in [2.45, 2.75) is 14.7 Å². The zero-order chi connectivity index (χ0) is 17.9. The number of hydrogen-bond donors (Lipinski definition) is 2. The molecule has 0 saturated carbocycles. The monoisotopic (exact) mass is 412 g/mol. The Kier molecular flexibility index (Phi) is 7.11. The Morgan fingerprint density at radius 3 is 2.38 bits per heavy atom. The number of carbonyl (C=O) groups is 1. The molecular weight excluding hydrogens is 392 g/mol. The van der Waals surface area contributed by atoms with E-state index in [1.54, 1.807) is 24.3 Å². The van der Waals surface area contributed by atoms with Crippen molar-refractivity contribution < 1.29 is 13.2 Å². The summed E-state index contributed by atoms with van der Waals surface area (Å²) < 4.78 is 23.1. The summed E-state index contributed by atoms with van der Waals surface area (Å²) in [6.07, 6.45) is 1.19. The Balaban J connectivity index is 0.00000243. The van der Waals surface area contributed by atoms with Crippen LogP contribution in [-0.4, -0.2) is 40.2 Å². The maximum Gasteiger partial charge on any atom is 0.252 e. The van der Waals surface area contributed by atoms with Gasteiger partial charge in [0.2, 0.25) is 0 Å². The largest absolute Gasteiger partial charge is 0.352 e. The Labute approximate surface area is 164 Å². The van der Waals surface area contributed by atoms with E-state index in [0.29, 0.717) is 18.0 Å². The van der Waals surface area contributed by atoms with Crippen LogP contribution in [0.2, 0.25) is 0 Å². The molecule has 1 aliphatic heterocycles. The zero-order valence-electron chi connectivity index (χ0n) is 14.3. The smallest absolute Gasteiger partial charge is 0.252 e. The van der Waals surface area contributed by atoms with Gasteiger partial charge in [-0.15, -0.1) is 12.4 Å². The molecule has 1 saturated heterocycles. The molecule has 2 aromatic carbocycles. The minimum absolute atomic E-state index is 0. The fourth-order valence-corrected chi connectivity index (χ4v) is 4.02. The first kappa shape index (κ1) is 20.8. The zero-order valence-corrected chi connectivity index (χ0v) is 16.7. The molecule has 0 unspecified atom stereocenters. The normalized spacial score (nSPS) is 14.2. The summed E-state index contributed by atoms with van der Waals surface area (Å²) in [6.45, 7) is 2.57. The Morgan fingerprint density at radius 2 is 1.81 bits per heavy atom. The van der Waals surface area contributed by atoms with Gasteiger partial charge in [0.25, 0.3) is 5.91 Å². The van der Waals surface area contributed by atoms with Gasteiger partial charge in [-0.1, -0.05) is 23.9 Å². The lowest BCUT2D eigenvalue weighted by molar-refractivity contribution is 0.0939. The molecule has 1 amide bonds. The van der Waals surface area contributed by atoms with Crippen LogP contribution < -0.4 is 10.6 Å².